The van der Waals surface area contributed by atoms with Crippen LogP contribution in [0.25, 0.3) is 11.0 Å². The Morgan fingerprint density at radius 2 is 1.86 bits per heavy atom. The summed E-state index contributed by atoms with van der Waals surface area (Å²) in [5, 5.41) is 0. The Kier molecular flexibility index (Phi) is 3.84. The number of benzene rings is 1. The molecule has 1 aromatic carbocycles. The highest BCUT2D eigenvalue weighted by atomic mass is 16.2. The number of rotatable bonds is 2. The summed E-state index contributed by atoms with van der Waals surface area (Å²) in [4.78, 5) is 25.3. The molecule has 1 fully saturated rings. The molecule has 2 aromatic rings. The molecule has 0 aliphatic carbocycles. The van der Waals surface area contributed by atoms with Gasteiger partial charge in [0.25, 0.3) is 5.91 Å². The molecule has 0 radical (unpaired) electrons. The van der Waals surface area contributed by atoms with Gasteiger partial charge in [-0.1, -0.05) is 0 Å². The van der Waals surface area contributed by atoms with Crippen LogP contribution in [0.5, 0.6) is 0 Å². The minimum atomic E-state index is 0.0668. The van der Waals surface area contributed by atoms with Crippen molar-refractivity contribution in [3.63, 3.8) is 0 Å². The number of nitrogens with zero attached hydrogens (tertiary/aromatic N) is 4. The normalized spacial score (nSPS) is 17.0. The van der Waals surface area contributed by atoms with E-state index in [9.17, 15) is 4.79 Å². The third-order valence-corrected chi connectivity index (χ3v) is 4.27. The Balaban J connectivity index is 1.79. The van der Waals surface area contributed by atoms with E-state index < -0.39 is 0 Å². The zero-order valence-corrected chi connectivity index (χ0v) is 12.5. The lowest BCUT2D eigenvalue weighted by Gasteiger charge is -2.35. The SMILES string of the molecule is CN1CCC(N(C)C(=O)c2ccc3nccnc3c2)CC1. The molecule has 1 aromatic heterocycles. The maximum atomic E-state index is 12.6. The summed E-state index contributed by atoms with van der Waals surface area (Å²) < 4.78 is 0. The van der Waals surface area contributed by atoms with Crippen molar-refractivity contribution in [1.29, 1.82) is 0 Å². The molecule has 1 saturated heterocycles. The molecule has 3 rings (SSSR count). The highest BCUT2D eigenvalue weighted by Crippen LogP contribution is 2.18. The van der Waals surface area contributed by atoms with E-state index in [1.165, 1.54) is 0 Å². The van der Waals surface area contributed by atoms with Crippen LogP contribution in [0.2, 0.25) is 0 Å². The number of fused-ring (bicyclic) bond motifs is 1. The number of hydrogen-bond donors (Lipinski definition) is 0. The maximum absolute atomic E-state index is 12.6. The van der Waals surface area contributed by atoms with Crippen LogP contribution in [0.15, 0.2) is 30.6 Å². The van der Waals surface area contributed by atoms with Crippen LogP contribution in [-0.2, 0) is 0 Å². The second kappa shape index (κ2) is 5.77. The summed E-state index contributed by atoms with van der Waals surface area (Å²) in [7, 11) is 4.03. The lowest BCUT2D eigenvalue weighted by molar-refractivity contribution is 0.0660. The molecule has 1 amide bonds. The third kappa shape index (κ3) is 2.88. The predicted molar refractivity (Wildman–Crippen MR) is 82.2 cm³/mol. The predicted octanol–water partition coefficient (Wildman–Crippen LogP) is 1.80. The van der Waals surface area contributed by atoms with Gasteiger partial charge in [0.1, 0.15) is 0 Å². The molecular weight excluding hydrogens is 264 g/mol. The number of amides is 1. The topological polar surface area (TPSA) is 49.3 Å². The summed E-state index contributed by atoms with van der Waals surface area (Å²) in [6.45, 7) is 2.09. The van der Waals surface area contributed by atoms with E-state index in [0.29, 0.717) is 11.6 Å². The quantitative estimate of drug-likeness (QED) is 0.843. The summed E-state index contributed by atoms with van der Waals surface area (Å²) in [6.07, 6.45) is 5.38. The van der Waals surface area contributed by atoms with Gasteiger partial charge in [-0.25, -0.2) is 0 Å². The fraction of sp³-hybridized carbons (Fsp3) is 0.438. The van der Waals surface area contributed by atoms with Crippen LogP contribution >= 0.6 is 0 Å². The Hall–Kier alpha value is -2.01. The number of carbonyl (C=O) groups excluding carboxylic acids is 1. The number of hydrogen-bond acceptors (Lipinski definition) is 4. The first-order valence-electron chi connectivity index (χ1n) is 7.31. The molecule has 0 atom stereocenters. The molecule has 2 heterocycles. The lowest BCUT2D eigenvalue weighted by Crippen LogP contribution is -2.44. The highest BCUT2D eigenvalue weighted by molar-refractivity contribution is 5.97. The Morgan fingerprint density at radius 3 is 2.57 bits per heavy atom. The second-order valence-corrected chi connectivity index (χ2v) is 5.71. The van der Waals surface area contributed by atoms with Crippen molar-refractivity contribution in [2.24, 2.45) is 0 Å². The molecule has 110 valence electrons. The van der Waals surface area contributed by atoms with Gasteiger partial charge in [-0.3, -0.25) is 14.8 Å². The molecule has 1 aliphatic rings. The van der Waals surface area contributed by atoms with Gasteiger partial charge in [0, 0.05) is 31.0 Å². The lowest BCUT2D eigenvalue weighted by atomic mass is 10.0. The van der Waals surface area contributed by atoms with Crippen LogP contribution in [0.3, 0.4) is 0 Å². The minimum absolute atomic E-state index is 0.0668. The van der Waals surface area contributed by atoms with Crippen molar-refractivity contribution >= 4 is 16.9 Å². The summed E-state index contributed by atoms with van der Waals surface area (Å²) in [6, 6.07) is 5.85. The van der Waals surface area contributed by atoms with E-state index in [4.69, 9.17) is 0 Å². The van der Waals surface area contributed by atoms with Gasteiger partial charge in [0.2, 0.25) is 0 Å². The zero-order chi connectivity index (χ0) is 14.8. The summed E-state index contributed by atoms with van der Waals surface area (Å²) >= 11 is 0. The fourth-order valence-electron chi connectivity index (χ4n) is 2.85. The molecule has 5 nitrogen and oxygen atoms in total. The Morgan fingerprint density at radius 1 is 1.19 bits per heavy atom. The van der Waals surface area contributed by atoms with Crippen molar-refractivity contribution in [3.8, 4) is 0 Å². The van der Waals surface area contributed by atoms with Crippen LogP contribution in [0.4, 0.5) is 0 Å². The largest absolute Gasteiger partial charge is 0.339 e. The summed E-state index contributed by atoms with van der Waals surface area (Å²) in [5.74, 6) is 0.0668. The fourth-order valence-corrected chi connectivity index (χ4v) is 2.85. The standard InChI is InChI=1S/C16H20N4O/c1-19-9-5-13(6-10-19)20(2)16(21)12-3-4-14-15(11-12)18-8-7-17-14/h3-4,7-8,11,13H,5-6,9-10H2,1-2H3. The molecular formula is C16H20N4O. The zero-order valence-electron chi connectivity index (χ0n) is 12.5. The molecule has 0 spiro atoms. The van der Waals surface area contributed by atoms with Gasteiger partial charge in [-0.15, -0.1) is 0 Å². The molecule has 0 saturated carbocycles. The second-order valence-electron chi connectivity index (χ2n) is 5.71. The average Bonchev–Trinajstić information content (AvgIpc) is 2.54. The first-order chi connectivity index (χ1) is 10.1. The first kappa shape index (κ1) is 13.9. The molecule has 21 heavy (non-hydrogen) atoms. The highest BCUT2D eigenvalue weighted by Gasteiger charge is 2.24. The van der Waals surface area contributed by atoms with Gasteiger partial charge >= 0.3 is 0 Å². The van der Waals surface area contributed by atoms with E-state index in [1.54, 1.807) is 12.4 Å². The smallest absolute Gasteiger partial charge is 0.253 e. The van der Waals surface area contributed by atoms with Crippen LogP contribution in [0, 0.1) is 0 Å². The number of piperidine rings is 1. The van der Waals surface area contributed by atoms with Crippen molar-refractivity contribution in [1.82, 2.24) is 19.8 Å². The van der Waals surface area contributed by atoms with Gasteiger partial charge in [-0.05, 0) is 51.2 Å². The van der Waals surface area contributed by atoms with Crippen molar-refractivity contribution < 1.29 is 4.79 Å². The Labute approximate surface area is 124 Å². The molecule has 1 aliphatic heterocycles. The first-order valence-corrected chi connectivity index (χ1v) is 7.31. The van der Waals surface area contributed by atoms with Gasteiger partial charge in [-0.2, -0.15) is 0 Å². The van der Waals surface area contributed by atoms with E-state index >= 15 is 0 Å². The molecule has 0 N–H and O–H groups in total. The van der Waals surface area contributed by atoms with Gasteiger partial charge in [0.05, 0.1) is 11.0 Å². The monoisotopic (exact) mass is 284 g/mol. The molecule has 0 bridgehead atoms. The van der Waals surface area contributed by atoms with Crippen LogP contribution in [-0.4, -0.2) is 58.9 Å². The van der Waals surface area contributed by atoms with E-state index in [-0.39, 0.29) is 5.91 Å². The van der Waals surface area contributed by atoms with E-state index in [2.05, 4.69) is 21.9 Å². The van der Waals surface area contributed by atoms with Crippen molar-refractivity contribution in [2.75, 3.05) is 27.2 Å². The van der Waals surface area contributed by atoms with Gasteiger partial charge < -0.3 is 9.80 Å². The average molecular weight is 284 g/mol. The number of carbonyl (C=O) groups is 1. The molecule has 0 unspecified atom stereocenters. The number of aromatic nitrogens is 2. The third-order valence-electron chi connectivity index (χ3n) is 4.27. The van der Waals surface area contributed by atoms with E-state index in [1.807, 2.05) is 30.1 Å². The number of likely N-dealkylation sites (tertiary alicyclic amines) is 1. The molecule has 5 heteroatoms. The summed E-state index contributed by atoms with van der Waals surface area (Å²) in [5.41, 5.74) is 2.26. The maximum Gasteiger partial charge on any atom is 0.253 e. The Bertz CT molecular complexity index is 650. The van der Waals surface area contributed by atoms with Gasteiger partial charge in [0.15, 0.2) is 0 Å². The van der Waals surface area contributed by atoms with E-state index in [0.717, 1.165) is 37.0 Å². The minimum Gasteiger partial charge on any atom is -0.339 e. The van der Waals surface area contributed by atoms with Crippen LogP contribution < -0.4 is 0 Å². The van der Waals surface area contributed by atoms with Crippen molar-refractivity contribution in [3.05, 3.63) is 36.2 Å². The van der Waals surface area contributed by atoms with Crippen LogP contribution in [0.1, 0.15) is 23.2 Å². The van der Waals surface area contributed by atoms with Crippen molar-refractivity contribution in [2.45, 2.75) is 18.9 Å².